The Morgan fingerprint density at radius 2 is 1.75 bits per heavy atom. The molecule has 0 amide bonds. The molecule has 1 saturated carbocycles. The number of aromatic nitrogens is 3. The van der Waals surface area contributed by atoms with Crippen LogP contribution in [0.3, 0.4) is 0 Å². The number of anilines is 1. The topological polar surface area (TPSA) is 74.2 Å². The van der Waals surface area contributed by atoms with Gasteiger partial charge < -0.3 is 10.4 Å². The molecular weight excluding hydrogens is 412 g/mol. The lowest BCUT2D eigenvalue weighted by molar-refractivity contribution is -0.0657. The number of piperidine rings is 1. The lowest BCUT2D eigenvalue weighted by atomic mass is 9.88. The number of alkyl halides is 2. The number of halogens is 2. The van der Waals surface area contributed by atoms with E-state index in [4.69, 9.17) is 0 Å². The van der Waals surface area contributed by atoms with Gasteiger partial charge in [-0.15, -0.1) is 0 Å². The van der Waals surface area contributed by atoms with Crippen LogP contribution in [-0.2, 0) is 0 Å². The molecule has 168 valence electrons. The van der Waals surface area contributed by atoms with Gasteiger partial charge in [-0.3, -0.25) is 9.88 Å². The molecule has 32 heavy (non-hydrogen) atoms. The predicted octanol–water partition coefficient (Wildman–Crippen LogP) is 4.85. The van der Waals surface area contributed by atoms with Gasteiger partial charge in [0, 0.05) is 55.2 Å². The summed E-state index contributed by atoms with van der Waals surface area (Å²) in [6.07, 6.45) is 8.64. The molecule has 2 aliphatic rings. The summed E-state index contributed by atoms with van der Waals surface area (Å²) in [4.78, 5) is 15.2. The molecule has 2 fully saturated rings. The predicted molar refractivity (Wildman–Crippen MR) is 120 cm³/mol. The number of rotatable bonds is 4. The van der Waals surface area contributed by atoms with E-state index in [1.165, 1.54) is 6.20 Å². The molecule has 0 radical (unpaired) electrons. The zero-order valence-electron chi connectivity index (χ0n) is 17.8. The lowest BCUT2D eigenvalue weighted by Gasteiger charge is -2.40. The second kappa shape index (κ2) is 8.58. The number of nitrogens with one attached hydrogen (secondary N) is 1. The number of hydrogen-bond acceptors (Lipinski definition) is 6. The molecule has 2 aromatic heterocycles. The highest BCUT2D eigenvalue weighted by Gasteiger charge is 2.37. The number of nitrogens with zero attached hydrogens (tertiary/aromatic N) is 4. The Balaban J connectivity index is 1.28. The molecule has 3 heterocycles. The number of hydrogen-bond donors (Lipinski definition) is 2. The zero-order chi connectivity index (χ0) is 22.1. The van der Waals surface area contributed by atoms with Crippen molar-refractivity contribution in [2.75, 3.05) is 18.4 Å². The summed E-state index contributed by atoms with van der Waals surface area (Å²) >= 11 is 0. The molecule has 1 aliphatic carbocycles. The molecule has 6 nitrogen and oxygen atoms in total. The van der Waals surface area contributed by atoms with Gasteiger partial charge in [0.15, 0.2) is 0 Å². The van der Waals surface area contributed by atoms with Crippen LogP contribution in [0, 0.1) is 0 Å². The number of fused-ring (bicyclic) bond motifs is 1. The molecular formula is C24H27F2N5O. The Morgan fingerprint density at radius 3 is 2.50 bits per heavy atom. The quantitative estimate of drug-likeness (QED) is 0.605. The summed E-state index contributed by atoms with van der Waals surface area (Å²) < 4.78 is 26.9. The van der Waals surface area contributed by atoms with Gasteiger partial charge in [0.1, 0.15) is 17.9 Å². The molecule has 0 unspecified atom stereocenters. The number of pyridine rings is 1. The minimum absolute atomic E-state index is 0.0187. The number of aromatic hydroxyl groups is 1. The first-order valence-corrected chi connectivity index (χ1v) is 11.2. The molecule has 0 atom stereocenters. The third kappa shape index (κ3) is 4.50. The molecule has 8 heteroatoms. The van der Waals surface area contributed by atoms with Gasteiger partial charge in [-0.1, -0.05) is 6.07 Å². The van der Waals surface area contributed by atoms with E-state index in [2.05, 4.69) is 25.2 Å². The maximum Gasteiger partial charge on any atom is 0.250 e. The minimum atomic E-state index is -2.49. The molecule has 5 rings (SSSR count). The third-order valence-electron chi connectivity index (χ3n) is 6.78. The average molecular weight is 440 g/mol. The van der Waals surface area contributed by atoms with Crippen molar-refractivity contribution in [3.63, 3.8) is 0 Å². The lowest BCUT2D eigenvalue weighted by Crippen LogP contribution is -2.47. The van der Waals surface area contributed by atoms with Crippen molar-refractivity contribution in [1.29, 1.82) is 0 Å². The smallest absolute Gasteiger partial charge is 0.250 e. The van der Waals surface area contributed by atoms with Crippen LogP contribution >= 0.6 is 0 Å². The molecule has 1 aromatic carbocycles. The van der Waals surface area contributed by atoms with Crippen LogP contribution in [0.2, 0.25) is 0 Å². The summed E-state index contributed by atoms with van der Waals surface area (Å²) in [5.74, 6) is -1.57. The monoisotopic (exact) mass is 439 g/mol. The van der Waals surface area contributed by atoms with Crippen molar-refractivity contribution in [3.05, 3.63) is 43.0 Å². The normalized spacial score (nSPS) is 23.8. The molecule has 3 aromatic rings. The first-order chi connectivity index (χ1) is 15.5. The second-order valence-electron chi connectivity index (χ2n) is 8.93. The Kier molecular flexibility index (Phi) is 5.63. The Labute approximate surface area is 185 Å². The summed E-state index contributed by atoms with van der Waals surface area (Å²) in [7, 11) is 0. The van der Waals surface area contributed by atoms with Crippen LogP contribution in [0.4, 0.5) is 14.6 Å². The third-order valence-corrected chi connectivity index (χ3v) is 6.78. The van der Waals surface area contributed by atoms with Crippen molar-refractivity contribution in [2.24, 2.45) is 0 Å². The average Bonchev–Trinajstić information content (AvgIpc) is 2.80. The summed E-state index contributed by atoms with van der Waals surface area (Å²) in [6, 6.07) is 8.31. The van der Waals surface area contributed by atoms with E-state index >= 15 is 0 Å². The van der Waals surface area contributed by atoms with E-state index in [0.29, 0.717) is 25.2 Å². The molecule has 0 bridgehead atoms. The van der Waals surface area contributed by atoms with Crippen molar-refractivity contribution in [1.82, 2.24) is 19.9 Å². The fourth-order valence-corrected chi connectivity index (χ4v) is 4.93. The summed E-state index contributed by atoms with van der Waals surface area (Å²) in [5.41, 5.74) is 2.61. The first kappa shape index (κ1) is 21.0. The molecule has 1 aliphatic heterocycles. The van der Waals surface area contributed by atoms with Crippen LogP contribution in [0.1, 0.15) is 38.5 Å². The molecule has 2 N–H and O–H groups in total. The highest BCUT2D eigenvalue weighted by Crippen LogP contribution is 2.34. The van der Waals surface area contributed by atoms with Crippen molar-refractivity contribution in [2.45, 2.75) is 56.5 Å². The van der Waals surface area contributed by atoms with E-state index in [0.717, 1.165) is 53.5 Å². The van der Waals surface area contributed by atoms with Crippen LogP contribution in [0.15, 0.2) is 43.0 Å². The molecule has 1 saturated heterocycles. The van der Waals surface area contributed by atoms with E-state index < -0.39 is 5.92 Å². The van der Waals surface area contributed by atoms with Gasteiger partial charge >= 0.3 is 0 Å². The van der Waals surface area contributed by atoms with E-state index in [9.17, 15) is 13.9 Å². The van der Waals surface area contributed by atoms with Crippen molar-refractivity contribution in [3.8, 4) is 16.9 Å². The summed E-state index contributed by atoms with van der Waals surface area (Å²) in [6.45, 7) is 0.998. The van der Waals surface area contributed by atoms with E-state index in [1.807, 2.05) is 18.2 Å². The van der Waals surface area contributed by atoms with E-state index in [1.54, 1.807) is 18.6 Å². The number of benzene rings is 1. The van der Waals surface area contributed by atoms with Gasteiger partial charge in [0.05, 0.1) is 11.7 Å². The minimum Gasteiger partial charge on any atom is -0.506 e. The van der Waals surface area contributed by atoms with Gasteiger partial charge in [-0.25, -0.2) is 18.7 Å². The van der Waals surface area contributed by atoms with Gasteiger partial charge in [-0.2, -0.15) is 0 Å². The van der Waals surface area contributed by atoms with Gasteiger partial charge in [-0.05, 0) is 49.4 Å². The van der Waals surface area contributed by atoms with Crippen molar-refractivity contribution < 1.29 is 13.9 Å². The zero-order valence-corrected chi connectivity index (χ0v) is 17.8. The largest absolute Gasteiger partial charge is 0.506 e. The maximum atomic E-state index is 13.5. The molecule has 0 spiro atoms. The second-order valence-corrected chi connectivity index (χ2v) is 8.93. The SMILES string of the molecule is Oc1cncc(-c2ccc3ncnc(N[C@H]4CC[C@H](N5CCC(F)(F)CC5)CC4)c3c2)c1. The Bertz CT molecular complexity index is 1090. The van der Waals surface area contributed by atoms with Crippen LogP contribution in [0.5, 0.6) is 5.75 Å². The first-order valence-electron chi connectivity index (χ1n) is 11.2. The summed E-state index contributed by atoms with van der Waals surface area (Å²) in [5, 5.41) is 14.3. The Hall–Kier alpha value is -2.87. The van der Waals surface area contributed by atoms with Crippen LogP contribution in [0.25, 0.3) is 22.0 Å². The fourth-order valence-electron chi connectivity index (χ4n) is 4.93. The van der Waals surface area contributed by atoms with Crippen molar-refractivity contribution >= 4 is 16.7 Å². The highest BCUT2D eigenvalue weighted by atomic mass is 19.3. The Morgan fingerprint density at radius 1 is 0.969 bits per heavy atom. The van der Waals surface area contributed by atoms with Crippen LogP contribution < -0.4 is 5.32 Å². The maximum absolute atomic E-state index is 13.5. The highest BCUT2D eigenvalue weighted by molar-refractivity contribution is 5.92. The van der Waals surface area contributed by atoms with Gasteiger partial charge in [0.25, 0.3) is 5.92 Å². The fraction of sp³-hybridized carbons (Fsp3) is 0.458. The standard InChI is InChI=1S/C24H27F2N5O/c25-24(26)7-9-31(10-8-24)19-4-2-18(3-5-19)30-23-21-12-16(1-6-22(21)28-15-29-23)17-11-20(32)14-27-13-17/h1,6,11-15,18-19,32H,2-5,7-10H2,(H,28,29,30)/t18-,19-. The van der Waals surface area contributed by atoms with Gasteiger partial charge in [0.2, 0.25) is 0 Å². The van der Waals surface area contributed by atoms with Crippen LogP contribution in [-0.4, -0.2) is 56.1 Å². The number of likely N-dealkylation sites (tertiary alicyclic amines) is 1. The van der Waals surface area contributed by atoms with E-state index in [-0.39, 0.29) is 18.6 Å².